The van der Waals surface area contributed by atoms with Gasteiger partial charge in [0, 0.05) is 6.04 Å². The molecule has 0 rings (SSSR count). The Morgan fingerprint density at radius 1 is 1.14 bits per heavy atom. The molecule has 0 aliphatic carbocycles. The molecule has 2 unspecified atom stereocenters. The lowest BCUT2D eigenvalue weighted by atomic mass is 9.77. The third-order valence-corrected chi connectivity index (χ3v) is 3.64. The summed E-state index contributed by atoms with van der Waals surface area (Å²) in [6.07, 6.45) is 3.86. The van der Waals surface area contributed by atoms with Crippen LogP contribution in [0.15, 0.2) is 0 Å². The Morgan fingerprint density at radius 3 is 2.07 bits per heavy atom. The van der Waals surface area contributed by atoms with Crippen LogP contribution in [0.2, 0.25) is 0 Å². The second kappa shape index (κ2) is 6.44. The first-order valence-electron chi connectivity index (χ1n) is 6.21. The molecule has 0 aromatic rings. The van der Waals surface area contributed by atoms with Crippen molar-refractivity contribution in [3.8, 4) is 0 Å². The predicted octanol–water partition coefficient (Wildman–Crippen LogP) is 3.84. The normalized spacial score (nSPS) is 16.7. The van der Waals surface area contributed by atoms with Crippen molar-refractivity contribution < 1.29 is 0 Å². The highest BCUT2D eigenvalue weighted by Gasteiger charge is 2.27. The minimum atomic E-state index is 0.430. The highest BCUT2D eigenvalue weighted by Crippen LogP contribution is 2.29. The number of rotatable bonds is 7. The molecule has 0 aromatic carbocycles. The summed E-state index contributed by atoms with van der Waals surface area (Å²) in [4.78, 5) is 0. The molecule has 0 amide bonds. The fourth-order valence-electron chi connectivity index (χ4n) is 1.74. The molecule has 14 heavy (non-hydrogen) atoms. The van der Waals surface area contributed by atoms with Crippen LogP contribution in [0.3, 0.4) is 0 Å². The van der Waals surface area contributed by atoms with E-state index in [9.17, 15) is 0 Å². The Labute approximate surface area is 90.7 Å². The van der Waals surface area contributed by atoms with Crippen molar-refractivity contribution >= 4 is 0 Å². The molecule has 0 bridgehead atoms. The van der Waals surface area contributed by atoms with Crippen molar-refractivity contribution in [3.05, 3.63) is 0 Å². The maximum Gasteiger partial charge on any atom is 0.0120 e. The topological polar surface area (TPSA) is 12.0 Å². The van der Waals surface area contributed by atoms with Crippen LogP contribution < -0.4 is 5.32 Å². The summed E-state index contributed by atoms with van der Waals surface area (Å²) in [5.41, 5.74) is 0.430. The molecule has 2 atom stereocenters. The van der Waals surface area contributed by atoms with Crippen LogP contribution in [-0.2, 0) is 0 Å². The van der Waals surface area contributed by atoms with E-state index in [0.717, 1.165) is 12.5 Å². The van der Waals surface area contributed by atoms with E-state index in [0.29, 0.717) is 11.5 Å². The van der Waals surface area contributed by atoms with Crippen molar-refractivity contribution in [2.24, 2.45) is 11.3 Å². The monoisotopic (exact) mass is 199 g/mol. The Morgan fingerprint density at radius 2 is 1.71 bits per heavy atom. The molecular weight excluding hydrogens is 170 g/mol. The first-order valence-corrected chi connectivity index (χ1v) is 6.21. The third-order valence-electron chi connectivity index (χ3n) is 3.64. The minimum absolute atomic E-state index is 0.430. The highest BCUT2D eigenvalue weighted by molar-refractivity contribution is 4.83. The van der Waals surface area contributed by atoms with Gasteiger partial charge in [0.05, 0.1) is 0 Å². The standard InChI is InChI=1S/C13H29N/c1-7-11(4)10-12(14-9-3)13(5,6)8-2/h11-12,14H,7-10H2,1-6H3. The van der Waals surface area contributed by atoms with Crippen molar-refractivity contribution in [2.45, 2.75) is 66.8 Å². The van der Waals surface area contributed by atoms with Gasteiger partial charge in [-0.3, -0.25) is 0 Å². The van der Waals surface area contributed by atoms with Crippen LogP contribution in [0.5, 0.6) is 0 Å². The summed E-state index contributed by atoms with van der Waals surface area (Å²) >= 11 is 0. The number of hydrogen-bond donors (Lipinski definition) is 1. The Bertz CT molecular complexity index is 140. The molecule has 0 saturated heterocycles. The van der Waals surface area contributed by atoms with Crippen molar-refractivity contribution in [1.29, 1.82) is 0 Å². The maximum atomic E-state index is 3.64. The summed E-state index contributed by atoms with van der Waals surface area (Å²) in [7, 11) is 0. The van der Waals surface area contributed by atoms with E-state index >= 15 is 0 Å². The molecule has 0 aliphatic rings. The van der Waals surface area contributed by atoms with E-state index in [1.807, 2.05) is 0 Å². The predicted molar refractivity (Wildman–Crippen MR) is 65.6 cm³/mol. The number of hydrogen-bond acceptors (Lipinski definition) is 1. The zero-order valence-corrected chi connectivity index (χ0v) is 11.0. The van der Waals surface area contributed by atoms with Gasteiger partial charge >= 0.3 is 0 Å². The fourth-order valence-corrected chi connectivity index (χ4v) is 1.74. The van der Waals surface area contributed by atoms with Crippen LogP contribution >= 0.6 is 0 Å². The third kappa shape index (κ3) is 4.45. The Kier molecular flexibility index (Phi) is 6.43. The lowest BCUT2D eigenvalue weighted by Crippen LogP contribution is -2.42. The van der Waals surface area contributed by atoms with E-state index in [1.54, 1.807) is 0 Å². The summed E-state index contributed by atoms with van der Waals surface area (Å²) in [5, 5.41) is 3.64. The van der Waals surface area contributed by atoms with Crippen molar-refractivity contribution in [1.82, 2.24) is 5.32 Å². The first-order chi connectivity index (χ1) is 6.47. The van der Waals surface area contributed by atoms with Gasteiger partial charge in [-0.05, 0) is 30.7 Å². The van der Waals surface area contributed by atoms with Crippen molar-refractivity contribution in [2.75, 3.05) is 6.54 Å². The lowest BCUT2D eigenvalue weighted by Gasteiger charge is -2.35. The largest absolute Gasteiger partial charge is 0.314 e. The average molecular weight is 199 g/mol. The lowest BCUT2D eigenvalue weighted by molar-refractivity contribution is 0.201. The van der Waals surface area contributed by atoms with Gasteiger partial charge in [-0.25, -0.2) is 0 Å². The summed E-state index contributed by atoms with van der Waals surface area (Å²) < 4.78 is 0. The van der Waals surface area contributed by atoms with Crippen LogP contribution in [0.4, 0.5) is 0 Å². The van der Waals surface area contributed by atoms with Gasteiger partial charge in [-0.2, -0.15) is 0 Å². The van der Waals surface area contributed by atoms with Gasteiger partial charge < -0.3 is 5.32 Å². The van der Waals surface area contributed by atoms with E-state index < -0.39 is 0 Å². The first kappa shape index (κ1) is 14.0. The van der Waals surface area contributed by atoms with Gasteiger partial charge in [0.15, 0.2) is 0 Å². The van der Waals surface area contributed by atoms with Crippen LogP contribution in [0.1, 0.15) is 60.8 Å². The van der Waals surface area contributed by atoms with E-state index in [4.69, 9.17) is 0 Å². The summed E-state index contributed by atoms with van der Waals surface area (Å²) in [6.45, 7) is 15.0. The highest BCUT2D eigenvalue weighted by atomic mass is 14.9. The zero-order valence-electron chi connectivity index (χ0n) is 11.0. The molecule has 1 N–H and O–H groups in total. The molecule has 0 spiro atoms. The van der Waals surface area contributed by atoms with Gasteiger partial charge in [0.25, 0.3) is 0 Å². The summed E-state index contributed by atoms with van der Waals surface area (Å²) in [5.74, 6) is 0.838. The minimum Gasteiger partial charge on any atom is -0.314 e. The van der Waals surface area contributed by atoms with Gasteiger partial charge in [0.1, 0.15) is 0 Å². The van der Waals surface area contributed by atoms with E-state index in [-0.39, 0.29) is 0 Å². The molecule has 0 heterocycles. The zero-order chi connectivity index (χ0) is 11.2. The molecule has 0 radical (unpaired) electrons. The Hall–Kier alpha value is -0.0400. The molecular formula is C13H29N. The van der Waals surface area contributed by atoms with Crippen molar-refractivity contribution in [3.63, 3.8) is 0 Å². The van der Waals surface area contributed by atoms with Crippen LogP contribution in [0.25, 0.3) is 0 Å². The van der Waals surface area contributed by atoms with Crippen LogP contribution in [0, 0.1) is 11.3 Å². The second-order valence-corrected chi connectivity index (χ2v) is 5.20. The molecule has 0 fully saturated rings. The van der Waals surface area contributed by atoms with Gasteiger partial charge in [-0.15, -0.1) is 0 Å². The fraction of sp³-hybridized carbons (Fsp3) is 1.00. The molecule has 0 saturated carbocycles. The summed E-state index contributed by atoms with van der Waals surface area (Å²) in [6, 6.07) is 0.674. The molecule has 0 aliphatic heterocycles. The molecule has 0 aromatic heterocycles. The Balaban J connectivity index is 4.27. The van der Waals surface area contributed by atoms with Gasteiger partial charge in [0.2, 0.25) is 0 Å². The van der Waals surface area contributed by atoms with E-state index in [1.165, 1.54) is 19.3 Å². The molecule has 86 valence electrons. The quantitative estimate of drug-likeness (QED) is 0.657. The molecule has 1 heteroatoms. The van der Waals surface area contributed by atoms with E-state index in [2.05, 4.69) is 46.9 Å². The maximum absolute atomic E-state index is 3.64. The number of nitrogens with one attached hydrogen (secondary N) is 1. The molecule has 1 nitrogen and oxygen atoms in total. The second-order valence-electron chi connectivity index (χ2n) is 5.20. The average Bonchev–Trinajstić information content (AvgIpc) is 2.17. The SMILES string of the molecule is CCNC(CC(C)CC)C(C)(C)CC. The van der Waals surface area contributed by atoms with Crippen LogP contribution in [-0.4, -0.2) is 12.6 Å². The van der Waals surface area contributed by atoms with Gasteiger partial charge in [-0.1, -0.05) is 48.0 Å². The smallest absolute Gasteiger partial charge is 0.0120 e.